The lowest BCUT2D eigenvalue weighted by Crippen LogP contribution is -2.56. The van der Waals surface area contributed by atoms with Gasteiger partial charge in [-0.1, -0.05) is 86.8 Å². The van der Waals surface area contributed by atoms with Gasteiger partial charge in [0.15, 0.2) is 0 Å². The van der Waals surface area contributed by atoms with Gasteiger partial charge in [-0.05, 0) is 86.1 Å². The number of amides is 4. The van der Waals surface area contributed by atoms with Crippen LogP contribution in [0.2, 0.25) is 5.02 Å². The van der Waals surface area contributed by atoms with Crippen LogP contribution >= 0.6 is 11.6 Å². The van der Waals surface area contributed by atoms with E-state index in [0.29, 0.717) is 34.7 Å². The molecule has 0 aromatic heterocycles. The zero-order chi connectivity index (χ0) is 42.1. The Balaban J connectivity index is 1.68. The van der Waals surface area contributed by atoms with Crippen LogP contribution in [0.3, 0.4) is 0 Å². The number of hydrogen-bond acceptors (Lipinski definition) is 7. The van der Waals surface area contributed by atoms with Crippen molar-refractivity contribution in [3.8, 4) is 5.75 Å². The van der Waals surface area contributed by atoms with Crippen molar-refractivity contribution in [1.29, 1.82) is 0 Å². The van der Waals surface area contributed by atoms with Crippen LogP contribution in [-0.2, 0) is 42.3 Å². The molecule has 11 nitrogen and oxygen atoms in total. The van der Waals surface area contributed by atoms with E-state index < -0.39 is 70.8 Å². The highest BCUT2D eigenvalue weighted by Gasteiger charge is 2.46. The van der Waals surface area contributed by atoms with Gasteiger partial charge in [0.1, 0.15) is 23.4 Å². The molecular weight excluding hydrogens is 765 g/mol. The molecule has 1 aliphatic carbocycles. The van der Waals surface area contributed by atoms with E-state index in [2.05, 4.69) is 21.3 Å². The van der Waals surface area contributed by atoms with Crippen LogP contribution in [0.15, 0.2) is 72.8 Å². The number of hydrogen-bond donors (Lipinski definition) is 4. The summed E-state index contributed by atoms with van der Waals surface area (Å²) in [5.41, 5.74) is 0.528. The van der Waals surface area contributed by atoms with Crippen LogP contribution in [0.5, 0.6) is 5.75 Å². The van der Waals surface area contributed by atoms with Crippen molar-refractivity contribution >= 4 is 41.2 Å². The van der Waals surface area contributed by atoms with Crippen molar-refractivity contribution in [2.24, 2.45) is 5.92 Å². The predicted octanol–water partition coefficient (Wildman–Crippen LogP) is 7.04. The molecule has 0 aliphatic heterocycles. The van der Waals surface area contributed by atoms with Crippen LogP contribution in [0, 0.1) is 5.92 Å². The van der Waals surface area contributed by atoms with Crippen molar-refractivity contribution < 1.29 is 46.6 Å². The number of methoxy groups -OCH3 is 1. The minimum atomic E-state index is -5.23. The first-order chi connectivity index (χ1) is 26.7. The van der Waals surface area contributed by atoms with Crippen molar-refractivity contribution in [1.82, 2.24) is 21.3 Å². The molecule has 308 valence electrons. The van der Waals surface area contributed by atoms with Gasteiger partial charge in [-0.2, -0.15) is 13.2 Å². The van der Waals surface area contributed by atoms with Gasteiger partial charge in [0.25, 0.3) is 5.78 Å². The number of carbonyl (C=O) groups is 5. The van der Waals surface area contributed by atoms with Crippen molar-refractivity contribution in [3.05, 3.63) is 100 Å². The molecule has 4 rings (SSSR count). The number of ketones is 1. The van der Waals surface area contributed by atoms with Crippen molar-refractivity contribution in [3.63, 3.8) is 0 Å². The second-order valence-corrected chi connectivity index (χ2v) is 15.9. The monoisotopic (exact) mass is 814 g/mol. The van der Waals surface area contributed by atoms with Gasteiger partial charge in [-0.25, -0.2) is 4.79 Å². The molecule has 0 saturated heterocycles. The molecule has 3 aromatic carbocycles. The summed E-state index contributed by atoms with van der Waals surface area (Å²) >= 11 is 6.34. The van der Waals surface area contributed by atoms with Gasteiger partial charge in [0.05, 0.1) is 18.6 Å². The molecular formula is C42H50ClF3N4O7. The third-order valence-corrected chi connectivity index (χ3v) is 9.95. The summed E-state index contributed by atoms with van der Waals surface area (Å²) in [6, 6.07) is 15.1. The first-order valence-electron chi connectivity index (χ1n) is 18.7. The Kier molecular flexibility index (Phi) is 14.8. The molecule has 0 bridgehead atoms. The molecule has 3 atom stereocenters. The second kappa shape index (κ2) is 18.9. The summed E-state index contributed by atoms with van der Waals surface area (Å²) in [5, 5.41) is 10.9. The Morgan fingerprint density at radius 1 is 0.825 bits per heavy atom. The summed E-state index contributed by atoms with van der Waals surface area (Å²) < 4.78 is 51.2. The summed E-state index contributed by atoms with van der Waals surface area (Å²) in [7, 11) is 1.43. The van der Waals surface area contributed by atoms with E-state index in [1.807, 2.05) is 6.07 Å². The zero-order valence-corrected chi connectivity index (χ0v) is 33.6. The maximum Gasteiger partial charge on any atom is 0.452 e. The molecule has 0 spiro atoms. The third kappa shape index (κ3) is 12.2. The van der Waals surface area contributed by atoms with Crippen molar-refractivity contribution in [2.45, 2.75) is 109 Å². The Morgan fingerprint density at radius 2 is 1.44 bits per heavy atom. The van der Waals surface area contributed by atoms with E-state index in [1.54, 1.807) is 63.2 Å². The topological polar surface area (TPSA) is 152 Å². The highest BCUT2D eigenvalue weighted by molar-refractivity contribution is 6.30. The number of alkyl carbamates (subject to hydrolysis) is 1. The average molecular weight is 815 g/mol. The molecule has 1 saturated carbocycles. The summed E-state index contributed by atoms with van der Waals surface area (Å²) in [6.45, 7) is 8.12. The largest absolute Gasteiger partial charge is 0.497 e. The number of ether oxygens (including phenoxy) is 2. The molecule has 0 unspecified atom stereocenters. The zero-order valence-electron chi connectivity index (χ0n) is 32.8. The number of nitrogens with one attached hydrogen (secondary N) is 4. The van der Waals surface area contributed by atoms with Crippen LogP contribution in [0.4, 0.5) is 18.0 Å². The van der Waals surface area contributed by atoms with Crippen LogP contribution in [0.1, 0.15) is 88.6 Å². The van der Waals surface area contributed by atoms with Crippen molar-refractivity contribution in [2.75, 3.05) is 7.11 Å². The minimum absolute atomic E-state index is 0.0545. The van der Waals surface area contributed by atoms with Crippen LogP contribution in [-0.4, -0.2) is 60.6 Å². The molecule has 0 radical (unpaired) electrons. The van der Waals surface area contributed by atoms with Gasteiger partial charge in [0.2, 0.25) is 17.7 Å². The number of Topliss-reactive ketones (excluding diaryl/α,β-unsaturated/α-hetero) is 1. The van der Waals surface area contributed by atoms with Gasteiger partial charge in [0, 0.05) is 18.0 Å². The van der Waals surface area contributed by atoms with Gasteiger partial charge >= 0.3 is 12.3 Å². The Morgan fingerprint density at radius 3 is 1.98 bits per heavy atom. The molecule has 1 fully saturated rings. The molecule has 1 aliphatic rings. The maximum atomic E-state index is 14.4. The SMILES string of the molecule is COc1ccc([C@H](NC(=O)[C@H](Cc2ccc(CNC(=O)OC(C)(C)C)cc2)NC(=O)C2(c3cccc(Cl)c3)CCCC2)C(=O)N[C@H](C(=O)C(F)(F)F)C(C)C)cc1. The molecule has 15 heteroatoms. The van der Waals surface area contributed by atoms with E-state index >= 15 is 0 Å². The molecule has 4 N–H and O–H groups in total. The fourth-order valence-electron chi connectivity index (χ4n) is 6.72. The number of alkyl halides is 3. The maximum absolute atomic E-state index is 14.4. The Labute approximate surface area is 335 Å². The molecule has 57 heavy (non-hydrogen) atoms. The lowest BCUT2D eigenvalue weighted by atomic mass is 9.77. The fraction of sp³-hybridized carbons (Fsp3) is 0.452. The Hall–Kier alpha value is -5.11. The van der Waals surface area contributed by atoms with Gasteiger partial charge < -0.3 is 30.7 Å². The normalized spacial score (nSPS) is 15.5. The van der Waals surface area contributed by atoms with E-state index in [-0.39, 0.29) is 18.5 Å². The smallest absolute Gasteiger partial charge is 0.452 e. The molecule has 4 amide bonds. The highest BCUT2D eigenvalue weighted by atomic mass is 35.5. The Bertz CT molecular complexity index is 1890. The van der Waals surface area contributed by atoms with Gasteiger partial charge in [-0.15, -0.1) is 0 Å². The first kappa shape index (κ1) is 44.6. The first-order valence-corrected chi connectivity index (χ1v) is 19.1. The predicted molar refractivity (Wildman–Crippen MR) is 208 cm³/mol. The number of benzene rings is 3. The number of carbonyl (C=O) groups excluding carboxylic acids is 5. The lowest BCUT2D eigenvalue weighted by Gasteiger charge is -2.32. The van der Waals surface area contributed by atoms with Crippen LogP contribution < -0.4 is 26.0 Å². The standard InChI is InChI=1S/C42H50ClF3N4O7/c1-25(2)33(35(51)42(44,45)46)49-37(53)34(28-16-18-31(56-6)19-17-28)50-36(52)32(22-26-12-14-27(15-13-26)24-47-39(55)57-40(3,4)5)48-38(54)41(20-7-8-21-41)29-10-9-11-30(43)23-29/h9-19,23,25,32-34H,7-8,20-22,24H2,1-6H3,(H,47,55)(H,48,54)(H,49,53)(H,50,52)/t32-,33-,34-/m0/s1. The number of rotatable bonds is 15. The fourth-order valence-corrected chi connectivity index (χ4v) is 6.91. The summed E-state index contributed by atoms with van der Waals surface area (Å²) in [5.74, 6) is -4.97. The van der Waals surface area contributed by atoms with E-state index in [9.17, 15) is 37.1 Å². The molecule has 3 aromatic rings. The average Bonchev–Trinajstić information content (AvgIpc) is 3.65. The van der Waals surface area contributed by atoms with E-state index in [1.165, 1.54) is 45.2 Å². The third-order valence-electron chi connectivity index (χ3n) is 9.71. The highest BCUT2D eigenvalue weighted by Crippen LogP contribution is 2.42. The quantitative estimate of drug-likeness (QED) is 0.129. The summed E-state index contributed by atoms with van der Waals surface area (Å²) in [6.07, 6.45) is -3.38. The van der Waals surface area contributed by atoms with Crippen LogP contribution in [0.25, 0.3) is 0 Å². The van der Waals surface area contributed by atoms with E-state index in [0.717, 1.165) is 18.4 Å². The summed E-state index contributed by atoms with van der Waals surface area (Å²) in [4.78, 5) is 67.2. The lowest BCUT2D eigenvalue weighted by molar-refractivity contribution is -0.175. The van der Waals surface area contributed by atoms with Gasteiger partial charge in [-0.3, -0.25) is 19.2 Å². The minimum Gasteiger partial charge on any atom is -0.497 e. The second-order valence-electron chi connectivity index (χ2n) is 15.5. The number of halogens is 4. The molecule has 0 heterocycles. The van der Waals surface area contributed by atoms with E-state index in [4.69, 9.17) is 21.1 Å².